The van der Waals surface area contributed by atoms with Crippen LogP contribution in [-0.4, -0.2) is 24.7 Å². The molecule has 1 fully saturated rings. The van der Waals surface area contributed by atoms with Crippen LogP contribution in [0, 0.1) is 0 Å². The Morgan fingerprint density at radius 3 is 2.87 bits per heavy atom. The van der Waals surface area contributed by atoms with Gasteiger partial charge in [-0.25, -0.2) is 0 Å². The predicted molar refractivity (Wildman–Crippen MR) is 60.2 cm³/mol. The molecule has 2 heterocycles. The Balaban J connectivity index is 1.98. The van der Waals surface area contributed by atoms with Crippen molar-refractivity contribution in [2.75, 3.05) is 13.2 Å². The Morgan fingerprint density at radius 1 is 1.53 bits per heavy atom. The molecular weight excluding hydrogens is 210 g/mol. The Bertz CT molecular complexity index is 328. The van der Waals surface area contributed by atoms with Gasteiger partial charge in [-0.05, 0) is 31.2 Å². The molecule has 1 aliphatic heterocycles. The second kappa shape index (κ2) is 4.33. The zero-order valence-electron chi connectivity index (χ0n) is 8.79. The van der Waals surface area contributed by atoms with Crippen molar-refractivity contribution in [1.82, 2.24) is 5.32 Å². The molecule has 3 nitrogen and oxygen atoms in total. The maximum absolute atomic E-state index is 11.8. The summed E-state index contributed by atoms with van der Waals surface area (Å²) < 4.78 is 5.29. The number of hydrogen-bond acceptors (Lipinski definition) is 3. The summed E-state index contributed by atoms with van der Waals surface area (Å²) in [6, 6.07) is 3.74. The van der Waals surface area contributed by atoms with Gasteiger partial charge in [0.2, 0.25) is 0 Å². The first-order chi connectivity index (χ1) is 7.20. The van der Waals surface area contributed by atoms with E-state index < -0.39 is 0 Å². The van der Waals surface area contributed by atoms with Gasteiger partial charge in [-0.15, -0.1) is 11.3 Å². The quantitative estimate of drug-likeness (QED) is 0.836. The van der Waals surface area contributed by atoms with E-state index in [1.54, 1.807) is 0 Å². The minimum absolute atomic E-state index is 0.0365. The average molecular weight is 225 g/mol. The third-order valence-corrected chi connectivity index (χ3v) is 3.63. The van der Waals surface area contributed by atoms with Crippen molar-refractivity contribution in [3.63, 3.8) is 0 Å². The molecule has 0 saturated carbocycles. The van der Waals surface area contributed by atoms with E-state index in [2.05, 4.69) is 12.2 Å². The summed E-state index contributed by atoms with van der Waals surface area (Å²) in [4.78, 5) is 12.6. The normalized spacial score (nSPS) is 19.8. The van der Waals surface area contributed by atoms with Crippen LogP contribution in [0.15, 0.2) is 17.5 Å². The molecule has 0 unspecified atom stereocenters. The van der Waals surface area contributed by atoms with E-state index in [1.807, 2.05) is 17.5 Å². The number of ether oxygens (including phenoxy) is 1. The SMILES string of the molecule is CC1(NC(=O)c2cccs2)CCOCC1. The van der Waals surface area contributed by atoms with Gasteiger partial charge >= 0.3 is 0 Å². The standard InChI is InChI=1S/C11H15NO2S/c1-11(4-6-14-7-5-11)12-10(13)9-3-2-8-15-9/h2-3,8H,4-7H2,1H3,(H,12,13). The Labute approximate surface area is 93.4 Å². The van der Waals surface area contributed by atoms with Crippen LogP contribution in [0.3, 0.4) is 0 Å². The van der Waals surface area contributed by atoms with Crippen LogP contribution in [0.2, 0.25) is 0 Å². The van der Waals surface area contributed by atoms with Gasteiger partial charge in [-0.2, -0.15) is 0 Å². The molecule has 0 atom stereocenters. The van der Waals surface area contributed by atoms with Crippen molar-refractivity contribution in [3.8, 4) is 0 Å². The molecule has 1 aromatic rings. The number of carbonyl (C=O) groups is 1. The smallest absolute Gasteiger partial charge is 0.261 e. The van der Waals surface area contributed by atoms with Crippen LogP contribution in [0.4, 0.5) is 0 Å². The summed E-state index contributed by atoms with van der Waals surface area (Å²) in [6.07, 6.45) is 1.79. The molecule has 0 radical (unpaired) electrons. The van der Waals surface area contributed by atoms with Crippen LogP contribution < -0.4 is 5.32 Å². The van der Waals surface area contributed by atoms with Gasteiger partial charge in [0.1, 0.15) is 0 Å². The van der Waals surface area contributed by atoms with Gasteiger partial charge in [0.15, 0.2) is 0 Å². The van der Waals surface area contributed by atoms with E-state index >= 15 is 0 Å². The summed E-state index contributed by atoms with van der Waals surface area (Å²) in [5, 5.41) is 5.01. The lowest BCUT2D eigenvalue weighted by Gasteiger charge is -2.34. The van der Waals surface area contributed by atoms with Crippen LogP contribution >= 0.6 is 11.3 Å². The summed E-state index contributed by atoms with van der Waals surface area (Å²) in [6.45, 7) is 3.56. The van der Waals surface area contributed by atoms with Gasteiger partial charge in [0.25, 0.3) is 5.91 Å². The second-order valence-electron chi connectivity index (χ2n) is 4.10. The second-order valence-corrected chi connectivity index (χ2v) is 5.05. The van der Waals surface area contributed by atoms with E-state index in [-0.39, 0.29) is 11.4 Å². The Morgan fingerprint density at radius 2 is 2.27 bits per heavy atom. The van der Waals surface area contributed by atoms with Crippen LogP contribution in [0.5, 0.6) is 0 Å². The van der Waals surface area contributed by atoms with Gasteiger partial charge in [0.05, 0.1) is 4.88 Å². The lowest BCUT2D eigenvalue weighted by molar-refractivity contribution is 0.0424. The van der Waals surface area contributed by atoms with Crippen molar-refractivity contribution in [2.45, 2.75) is 25.3 Å². The third kappa shape index (κ3) is 2.58. The van der Waals surface area contributed by atoms with Crippen molar-refractivity contribution in [3.05, 3.63) is 22.4 Å². The maximum Gasteiger partial charge on any atom is 0.261 e. The maximum atomic E-state index is 11.8. The number of nitrogens with one attached hydrogen (secondary N) is 1. The molecule has 2 rings (SSSR count). The molecule has 1 amide bonds. The summed E-state index contributed by atoms with van der Waals surface area (Å²) >= 11 is 1.48. The monoisotopic (exact) mass is 225 g/mol. The molecule has 0 aromatic carbocycles. The third-order valence-electron chi connectivity index (χ3n) is 2.76. The molecule has 0 aliphatic carbocycles. The Hall–Kier alpha value is -0.870. The van der Waals surface area contributed by atoms with E-state index in [4.69, 9.17) is 4.74 Å². The lowest BCUT2D eigenvalue weighted by atomic mass is 9.92. The molecule has 1 saturated heterocycles. The zero-order chi connectivity index (χ0) is 10.7. The number of thiophene rings is 1. The number of carbonyl (C=O) groups excluding carboxylic acids is 1. The van der Waals surface area contributed by atoms with Crippen molar-refractivity contribution >= 4 is 17.2 Å². The first-order valence-corrected chi connectivity index (χ1v) is 6.01. The van der Waals surface area contributed by atoms with Crippen LogP contribution in [0.1, 0.15) is 29.4 Å². The molecule has 15 heavy (non-hydrogen) atoms. The topological polar surface area (TPSA) is 38.3 Å². The summed E-state index contributed by atoms with van der Waals surface area (Å²) in [7, 11) is 0. The lowest BCUT2D eigenvalue weighted by Crippen LogP contribution is -2.49. The van der Waals surface area contributed by atoms with Crippen LogP contribution in [-0.2, 0) is 4.74 Å². The fourth-order valence-electron chi connectivity index (χ4n) is 1.69. The molecule has 1 aliphatic rings. The molecular formula is C11H15NO2S. The van der Waals surface area contributed by atoms with Gasteiger partial charge in [-0.1, -0.05) is 6.07 Å². The van der Waals surface area contributed by atoms with E-state index in [9.17, 15) is 4.79 Å². The van der Waals surface area contributed by atoms with Gasteiger partial charge in [-0.3, -0.25) is 4.79 Å². The minimum atomic E-state index is -0.0979. The molecule has 0 spiro atoms. The highest BCUT2D eigenvalue weighted by Crippen LogP contribution is 2.21. The fraction of sp³-hybridized carbons (Fsp3) is 0.545. The largest absolute Gasteiger partial charge is 0.381 e. The van der Waals surface area contributed by atoms with Crippen molar-refractivity contribution in [1.29, 1.82) is 0 Å². The number of amides is 1. The first kappa shape index (κ1) is 10.6. The molecule has 1 N–H and O–H groups in total. The van der Waals surface area contributed by atoms with Crippen molar-refractivity contribution < 1.29 is 9.53 Å². The highest BCUT2D eigenvalue weighted by molar-refractivity contribution is 7.12. The average Bonchev–Trinajstić information content (AvgIpc) is 2.70. The van der Waals surface area contributed by atoms with Crippen LogP contribution in [0.25, 0.3) is 0 Å². The first-order valence-electron chi connectivity index (χ1n) is 5.13. The van der Waals surface area contributed by atoms with E-state index in [0.29, 0.717) is 0 Å². The summed E-state index contributed by atoms with van der Waals surface area (Å²) in [5.41, 5.74) is -0.0979. The highest BCUT2D eigenvalue weighted by Gasteiger charge is 2.29. The number of rotatable bonds is 2. The number of hydrogen-bond donors (Lipinski definition) is 1. The zero-order valence-corrected chi connectivity index (χ0v) is 9.60. The highest BCUT2D eigenvalue weighted by atomic mass is 32.1. The van der Waals surface area contributed by atoms with E-state index in [1.165, 1.54) is 11.3 Å². The summed E-state index contributed by atoms with van der Waals surface area (Å²) in [5.74, 6) is 0.0365. The predicted octanol–water partition coefficient (Wildman–Crippen LogP) is 2.05. The molecule has 4 heteroatoms. The van der Waals surface area contributed by atoms with Crippen molar-refractivity contribution in [2.24, 2.45) is 0 Å². The molecule has 82 valence electrons. The molecule has 0 bridgehead atoms. The minimum Gasteiger partial charge on any atom is -0.381 e. The fourth-order valence-corrected chi connectivity index (χ4v) is 2.31. The van der Waals surface area contributed by atoms with E-state index in [0.717, 1.165) is 30.9 Å². The van der Waals surface area contributed by atoms with Gasteiger partial charge < -0.3 is 10.1 Å². The Kier molecular flexibility index (Phi) is 3.07. The van der Waals surface area contributed by atoms with Gasteiger partial charge in [0, 0.05) is 18.8 Å². The molecule has 1 aromatic heterocycles.